The van der Waals surface area contributed by atoms with Crippen molar-refractivity contribution in [3.8, 4) is 11.9 Å². The van der Waals surface area contributed by atoms with Crippen LogP contribution in [0.25, 0.3) is 0 Å². The summed E-state index contributed by atoms with van der Waals surface area (Å²) in [6, 6.07) is 13.3. The molecule has 0 aromatic heterocycles. The molecule has 8 nitrogen and oxygen atoms in total. The molecule has 0 aliphatic rings. The number of aliphatic hydroxyl groups is 1. The molecule has 0 amide bonds. The molecule has 2 aromatic rings. The maximum atomic E-state index is 12.5. The highest BCUT2D eigenvalue weighted by molar-refractivity contribution is 7.91. The fourth-order valence-electron chi connectivity index (χ4n) is 2.09. The van der Waals surface area contributed by atoms with Crippen LogP contribution < -0.4 is 10.1 Å². The van der Waals surface area contributed by atoms with Gasteiger partial charge >= 0.3 is 5.97 Å². The van der Waals surface area contributed by atoms with Crippen LogP contribution in [0.15, 0.2) is 59.5 Å². The number of sulfone groups is 1. The number of carboxylic acid groups (broad SMARTS) is 1. The van der Waals surface area contributed by atoms with Crippen molar-refractivity contribution in [1.82, 2.24) is 0 Å². The van der Waals surface area contributed by atoms with Gasteiger partial charge in [-0.3, -0.25) is 5.32 Å². The fraction of sp³-hybridized carbons (Fsp3) is 0.176. The molecule has 3 N–H and O–H groups in total. The lowest BCUT2D eigenvalue weighted by molar-refractivity contribution is -0.158. The predicted octanol–water partition coefficient (Wildman–Crippen LogP) is 1.25. The number of rotatable bonds is 8. The Kier molecular flexibility index (Phi) is 5.82. The minimum atomic E-state index is -4.12. The van der Waals surface area contributed by atoms with Gasteiger partial charge in [-0.05, 0) is 36.4 Å². The SMILES string of the molecule is N#CNc1ccc(S(=O)(=O)CC(O)(COc2ccccc2)C(=O)O)cc1. The zero-order valence-corrected chi connectivity index (χ0v) is 14.3. The van der Waals surface area contributed by atoms with Gasteiger partial charge in [0.15, 0.2) is 16.0 Å². The molecule has 1 unspecified atom stereocenters. The molecule has 0 saturated heterocycles. The molecule has 0 fully saturated rings. The second kappa shape index (κ2) is 7.86. The highest BCUT2D eigenvalue weighted by atomic mass is 32.2. The summed E-state index contributed by atoms with van der Waals surface area (Å²) in [6.45, 7) is -0.736. The maximum Gasteiger partial charge on any atom is 0.340 e. The lowest BCUT2D eigenvalue weighted by Gasteiger charge is -2.23. The van der Waals surface area contributed by atoms with Gasteiger partial charge in [0.05, 0.1) is 10.6 Å². The first kappa shape index (κ1) is 19.2. The zero-order chi connectivity index (χ0) is 19.2. The van der Waals surface area contributed by atoms with Crippen LogP contribution in [0, 0.1) is 11.5 Å². The number of carboxylic acids is 1. The summed E-state index contributed by atoms with van der Waals surface area (Å²) in [5.74, 6) is -2.47. The molecular formula is C17H16N2O6S. The Balaban J connectivity index is 2.19. The molecule has 9 heteroatoms. The van der Waals surface area contributed by atoms with Crippen molar-refractivity contribution in [3.63, 3.8) is 0 Å². The number of aliphatic carboxylic acids is 1. The van der Waals surface area contributed by atoms with Crippen molar-refractivity contribution < 1.29 is 28.2 Å². The summed E-state index contributed by atoms with van der Waals surface area (Å²) in [5.41, 5.74) is -2.24. The van der Waals surface area contributed by atoms with E-state index < -0.39 is 33.8 Å². The molecule has 1 atom stereocenters. The quantitative estimate of drug-likeness (QED) is 0.462. The van der Waals surface area contributed by atoms with Gasteiger partial charge in [0.1, 0.15) is 12.4 Å². The molecule has 0 saturated carbocycles. The molecule has 0 heterocycles. The maximum absolute atomic E-state index is 12.5. The molecule has 136 valence electrons. The van der Waals surface area contributed by atoms with Crippen LogP contribution in [-0.2, 0) is 14.6 Å². The Labute approximate surface area is 150 Å². The summed E-state index contributed by atoms with van der Waals surface area (Å²) in [4.78, 5) is 11.3. The number of nitrogens with one attached hydrogen (secondary N) is 1. The first-order chi connectivity index (χ1) is 12.3. The summed E-state index contributed by atoms with van der Waals surface area (Å²) in [7, 11) is -4.12. The molecule has 2 aromatic carbocycles. The summed E-state index contributed by atoms with van der Waals surface area (Å²) < 4.78 is 30.2. The van der Waals surface area contributed by atoms with Gasteiger partial charge in [-0.25, -0.2) is 13.2 Å². The van der Waals surface area contributed by atoms with Gasteiger partial charge in [-0.2, -0.15) is 5.26 Å². The van der Waals surface area contributed by atoms with Crippen molar-refractivity contribution in [3.05, 3.63) is 54.6 Å². The summed E-state index contributed by atoms with van der Waals surface area (Å²) in [6.07, 6.45) is 1.69. The third-order valence-electron chi connectivity index (χ3n) is 3.46. The van der Waals surface area contributed by atoms with Gasteiger partial charge < -0.3 is 14.9 Å². The van der Waals surface area contributed by atoms with E-state index in [0.29, 0.717) is 11.4 Å². The first-order valence-corrected chi connectivity index (χ1v) is 9.04. The minimum Gasteiger partial charge on any atom is -0.490 e. The van der Waals surface area contributed by atoms with Gasteiger partial charge in [0.25, 0.3) is 0 Å². The third-order valence-corrected chi connectivity index (χ3v) is 5.31. The van der Waals surface area contributed by atoms with E-state index in [4.69, 9.17) is 10.00 Å². The lowest BCUT2D eigenvalue weighted by atomic mass is 10.1. The van der Waals surface area contributed by atoms with Gasteiger partial charge in [0, 0.05) is 5.69 Å². The Bertz CT molecular complexity index is 907. The van der Waals surface area contributed by atoms with E-state index in [1.54, 1.807) is 36.5 Å². The number of hydrogen-bond donors (Lipinski definition) is 3. The Hall–Kier alpha value is -3.09. The highest BCUT2D eigenvalue weighted by Crippen LogP contribution is 2.21. The van der Waals surface area contributed by atoms with Gasteiger partial charge in [-0.1, -0.05) is 18.2 Å². The van der Waals surface area contributed by atoms with Crippen LogP contribution in [-0.4, -0.2) is 42.6 Å². The molecule has 0 radical (unpaired) electrons. The largest absolute Gasteiger partial charge is 0.490 e. The van der Waals surface area contributed by atoms with Crippen LogP contribution in [0.1, 0.15) is 0 Å². The lowest BCUT2D eigenvalue weighted by Crippen LogP contribution is -2.50. The molecule has 0 spiro atoms. The number of anilines is 1. The Morgan fingerprint density at radius 1 is 1.15 bits per heavy atom. The normalized spacial score (nSPS) is 13.2. The molecule has 26 heavy (non-hydrogen) atoms. The van der Waals surface area contributed by atoms with Crippen molar-refractivity contribution in [1.29, 1.82) is 5.26 Å². The Morgan fingerprint density at radius 3 is 2.31 bits per heavy atom. The number of para-hydroxylation sites is 1. The van der Waals surface area contributed by atoms with Crippen LogP contribution in [0.3, 0.4) is 0 Å². The summed E-state index contributed by atoms with van der Waals surface area (Å²) >= 11 is 0. The van der Waals surface area contributed by atoms with E-state index in [1.807, 2.05) is 0 Å². The second-order valence-corrected chi connectivity index (χ2v) is 7.45. The van der Waals surface area contributed by atoms with Crippen molar-refractivity contribution >= 4 is 21.5 Å². The van der Waals surface area contributed by atoms with E-state index >= 15 is 0 Å². The second-order valence-electron chi connectivity index (χ2n) is 5.46. The van der Waals surface area contributed by atoms with Crippen molar-refractivity contribution in [2.45, 2.75) is 10.5 Å². The number of hydrogen-bond acceptors (Lipinski definition) is 7. The standard InChI is InChI=1S/C17H16N2O6S/c18-12-19-13-6-8-15(9-7-13)26(23,24)11-17(22,16(20)21)10-25-14-4-2-1-3-5-14/h1-9,19,22H,10-11H2,(H,20,21). The van der Waals surface area contributed by atoms with E-state index in [1.165, 1.54) is 24.3 Å². The topological polar surface area (TPSA) is 137 Å². The molecule has 0 aliphatic carbocycles. The van der Waals surface area contributed by atoms with Crippen LogP contribution in [0.5, 0.6) is 5.75 Å². The van der Waals surface area contributed by atoms with Crippen molar-refractivity contribution in [2.75, 3.05) is 17.7 Å². The first-order valence-electron chi connectivity index (χ1n) is 7.38. The number of benzene rings is 2. The number of nitrogens with zero attached hydrogens (tertiary/aromatic N) is 1. The fourth-order valence-corrected chi connectivity index (χ4v) is 3.65. The highest BCUT2D eigenvalue weighted by Gasteiger charge is 2.42. The van der Waals surface area contributed by atoms with Crippen LogP contribution in [0.2, 0.25) is 0 Å². The predicted molar refractivity (Wildman–Crippen MR) is 92.3 cm³/mol. The number of ether oxygens (including phenoxy) is 1. The van der Waals surface area contributed by atoms with Crippen LogP contribution >= 0.6 is 0 Å². The van der Waals surface area contributed by atoms with E-state index in [2.05, 4.69) is 5.32 Å². The summed E-state index contributed by atoms with van der Waals surface area (Å²) in [5, 5.41) is 30.5. The van der Waals surface area contributed by atoms with Crippen LogP contribution in [0.4, 0.5) is 5.69 Å². The minimum absolute atomic E-state index is 0.180. The average molecular weight is 376 g/mol. The number of nitriles is 1. The van der Waals surface area contributed by atoms with Gasteiger partial charge in [0.2, 0.25) is 5.60 Å². The van der Waals surface area contributed by atoms with E-state index in [-0.39, 0.29) is 4.90 Å². The average Bonchev–Trinajstić information content (AvgIpc) is 2.61. The van der Waals surface area contributed by atoms with E-state index in [0.717, 1.165) is 0 Å². The van der Waals surface area contributed by atoms with Crippen molar-refractivity contribution in [2.24, 2.45) is 0 Å². The van der Waals surface area contributed by atoms with E-state index in [9.17, 15) is 23.4 Å². The number of carbonyl (C=O) groups is 1. The van der Waals surface area contributed by atoms with Gasteiger partial charge in [-0.15, -0.1) is 0 Å². The molecule has 0 aliphatic heterocycles. The third kappa shape index (κ3) is 4.72. The molecular weight excluding hydrogens is 360 g/mol. The smallest absolute Gasteiger partial charge is 0.340 e. The molecule has 2 rings (SSSR count). The monoisotopic (exact) mass is 376 g/mol. The molecule has 0 bridgehead atoms. The Morgan fingerprint density at radius 2 is 1.77 bits per heavy atom. The zero-order valence-electron chi connectivity index (χ0n) is 13.5.